The number of hydrogen-bond donors (Lipinski definition) is 1. The number of fused-ring (bicyclic) bond motifs is 1. The second kappa shape index (κ2) is 6.33. The Morgan fingerprint density at radius 3 is 2.71 bits per heavy atom. The van der Waals surface area contributed by atoms with Gasteiger partial charge in [-0.25, -0.2) is 0 Å². The van der Waals surface area contributed by atoms with Crippen LogP contribution in [0.5, 0.6) is 0 Å². The van der Waals surface area contributed by atoms with Crippen LogP contribution in [0.4, 0.5) is 0 Å². The third kappa shape index (κ3) is 3.12. The molecule has 0 aliphatic carbocycles. The second-order valence-corrected chi connectivity index (χ2v) is 5.85. The fraction of sp³-hybridized carbons (Fsp3) is 0.176. The summed E-state index contributed by atoms with van der Waals surface area (Å²) < 4.78 is 0.996. The molecule has 3 aromatic rings. The number of aromatic nitrogens is 2. The van der Waals surface area contributed by atoms with Crippen LogP contribution in [-0.2, 0) is 6.42 Å². The monoisotopic (exact) mass is 341 g/mol. The lowest BCUT2D eigenvalue weighted by atomic mass is 9.99. The van der Waals surface area contributed by atoms with Crippen molar-refractivity contribution in [3.05, 3.63) is 70.6 Å². The summed E-state index contributed by atoms with van der Waals surface area (Å²) in [7, 11) is 1.97. The van der Waals surface area contributed by atoms with Crippen molar-refractivity contribution in [2.75, 3.05) is 7.05 Å². The lowest BCUT2D eigenvalue weighted by molar-refractivity contribution is 0.577. The van der Waals surface area contributed by atoms with Crippen molar-refractivity contribution >= 4 is 26.8 Å². The number of pyridine rings is 2. The van der Waals surface area contributed by atoms with E-state index in [9.17, 15) is 0 Å². The van der Waals surface area contributed by atoms with Gasteiger partial charge in [0.1, 0.15) is 0 Å². The first-order chi connectivity index (χ1) is 10.3. The Kier molecular flexibility index (Phi) is 4.27. The third-order valence-electron chi connectivity index (χ3n) is 3.62. The Balaban J connectivity index is 1.94. The quantitative estimate of drug-likeness (QED) is 0.782. The van der Waals surface area contributed by atoms with Crippen LogP contribution in [0.15, 0.2) is 59.3 Å². The Morgan fingerprint density at radius 2 is 1.95 bits per heavy atom. The summed E-state index contributed by atoms with van der Waals surface area (Å²) in [5.41, 5.74) is 3.36. The van der Waals surface area contributed by atoms with Gasteiger partial charge in [0.25, 0.3) is 0 Å². The van der Waals surface area contributed by atoms with Crippen LogP contribution < -0.4 is 5.32 Å². The van der Waals surface area contributed by atoms with E-state index in [0.29, 0.717) is 0 Å². The molecule has 1 aromatic carbocycles. The number of likely N-dealkylation sites (N-methyl/N-ethyl adjacent to an activating group) is 1. The summed E-state index contributed by atoms with van der Waals surface area (Å²) in [6.07, 6.45) is 4.60. The van der Waals surface area contributed by atoms with Crippen molar-refractivity contribution in [3.63, 3.8) is 0 Å². The van der Waals surface area contributed by atoms with Crippen molar-refractivity contribution in [3.8, 4) is 0 Å². The SMILES string of the molecule is CNC(Cc1ccnc2ccccc12)c1ccc(Br)cn1. The summed E-state index contributed by atoms with van der Waals surface area (Å²) in [6, 6.07) is 14.6. The highest BCUT2D eigenvalue weighted by Crippen LogP contribution is 2.23. The van der Waals surface area contributed by atoms with Crippen molar-refractivity contribution < 1.29 is 0 Å². The van der Waals surface area contributed by atoms with Crippen molar-refractivity contribution in [2.45, 2.75) is 12.5 Å². The van der Waals surface area contributed by atoms with Crippen LogP contribution in [-0.4, -0.2) is 17.0 Å². The number of halogens is 1. The number of nitrogens with zero attached hydrogens (tertiary/aromatic N) is 2. The van der Waals surface area contributed by atoms with E-state index in [4.69, 9.17) is 0 Å². The Morgan fingerprint density at radius 1 is 1.10 bits per heavy atom. The van der Waals surface area contributed by atoms with Gasteiger partial charge in [-0.2, -0.15) is 0 Å². The van der Waals surface area contributed by atoms with Crippen LogP contribution in [0.25, 0.3) is 10.9 Å². The molecule has 4 heteroatoms. The molecule has 0 fully saturated rings. The second-order valence-electron chi connectivity index (χ2n) is 4.93. The lowest BCUT2D eigenvalue weighted by Gasteiger charge is -2.17. The summed E-state index contributed by atoms with van der Waals surface area (Å²) >= 11 is 3.42. The molecule has 0 bridgehead atoms. The van der Waals surface area contributed by atoms with Crippen LogP contribution in [0.3, 0.4) is 0 Å². The molecule has 106 valence electrons. The molecule has 3 rings (SSSR count). The van der Waals surface area contributed by atoms with E-state index >= 15 is 0 Å². The van der Waals surface area contributed by atoms with Crippen molar-refractivity contribution in [2.24, 2.45) is 0 Å². The van der Waals surface area contributed by atoms with Crippen LogP contribution in [0, 0.1) is 0 Å². The molecule has 1 N–H and O–H groups in total. The van der Waals surface area contributed by atoms with Crippen molar-refractivity contribution in [1.82, 2.24) is 15.3 Å². The highest BCUT2D eigenvalue weighted by Gasteiger charge is 2.13. The van der Waals surface area contributed by atoms with E-state index in [2.05, 4.69) is 55.5 Å². The first-order valence-corrected chi connectivity index (χ1v) is 7.68. The molecule has 0 saturated carbocycles. The van der Waals surface area contributed by atoms with E-state index in [1.54, 1.807) is 0 Å². The first-order valence-electron chi connectivity index (χ1n) is 6.89. The zero-order chi connectivity index (χ0) is 14.7. The molecular formula is C17H16BrN3. The highest BCUT2D eigenvalue weighted by molar-refractivity contribution is 9.10. The number of para-hydroxylation sites is 1. The zero-order valence-electron chi connectivity index (χ0n) is 11.8. The highest BCUT2D eigenvalue weighted by atomic mass is 79.9. The summed E-state index contributed by atoms with van der Waals surface area (Å²) in [5, 5.41) is 4.56. The third-order valence-corrected chi connectivity index (χ3v) is 4.09. The van der Waals surface area contributed by atoms with Crippen LogP contribution in [0.1, 0.15) is 17.3 Å². The molecule has 0 amide bonds. The van der Waals surface area contributed by atoms with E-state index < -0.39 is 0 Å². The summed E-state index contributed by atoms with van der Waals surface area (Å²) in [4.78, 5) is 8.92. The maximum Gasteiger partial charge on any atom is 0.0704 e. The van der Waals surface area contributed by atoms with E-state index in [-0.39, 0.29) is 6.04 Å². The Hall–Kier alpha value is -1.78. The fourth-order valence-corrected chi connectivity index (χ4v) is 2.74. The average molecular weight is 342 g/mol. The summed E-state index contributed by atoms with van der Waals surface area (Å²) in [5.74, 6) is 0. The molecule has 21 heavy (non-hydrogen) atoms. The molecular weight excluding hydrogens is 326 g/mol. The molecule has 0 aliphatic heterocycles. The molecule has 0 spiro atoms. The largest absolute Gasteiger partial charge is 0.311 e. The zero-order valence-corrected chi connectivity index (χ0v) is 13.3. The Labute approximate surface area is 132 Å². The minimum absolute atomic E-state index is 0.184. The average Bonchev–Trinajstić information content (AvgIpc) is 2.54. The predicted molar refractivity (Wildman–Crippen MR) is 89.2 cm³/mol. The topological polar surface area (TPSA) is 37.8 Å². The molecule has 3 nitrogen and oxygen atoms in total. The van der Waals surface area contributed by atoms with Gasteiger partial charge in [-0.1, -0.05) is 18.2 Å². The molecule has 0 radical (unpaired) electrons. The summed E-state index contributed by atoms with van der Waals surface area (Å²) in [6.45, 7) is 0. The molecule has 2 aromatic heterocycles. The molecule has 0 aliphatic rings. The van der Waals surface area contributed by atoms with E-state index in [0.717, 1.165) is 22.1 Å². The smallest absolute Gasteiger partial charge is 0.0704 e. The molecule has 1 unspecified atom stereocenters. The van der Waals surface area contributed by atoms with Gasteiger partial charge in [0, 0.05) is 22.3 Å². The molecule has 0 saturated heterocycles. The van der Waals surface area contributed by atoms with Gasteiger partial charge in [-0.05, 0) is 59.2 Å². The van der Waals surface area contributed by atoms with Gasteiger partial charge in [-0.3, -0.25) is 9.97 Å². The van der Waals surface area contributed by atoms with Crippen LogP contribution >= 0.6 is 15.9 Å². The number of rotatable bonds is 4. The van der Waals surface area contributed by atoms with Gasteiger partial charge in [0.2, 0.25) is 0 Å². The minimum atomic E-state index is 0.184. The molecule has 2 heterocycles. The molecule has 1 atom stereocenters. The van der Waals surface area contributed by atoms with E-state index in [1.165, 1.54) is 10.9 Å². The Bertz CT molecular complexity index is 735. The number of benzene rings is 1. The van der Waals surface area contributed by atoms with Gasteiger partial charge < -0.3 is 5.32 Å². The fourth-order valence-electron chi connectivity index (χ4n) is 2.50. The normalized spacial score (nSPS) is 12.5. The predicted octanol–water partition coefficient (Wildman–Crippen LogP) is 3.90. The van der Waals surface area contributed by atoms with Gasteiger partial charge in [0.15, 0.2) is 0 Å². The van der Waals surface area contributed by atoms with Gasteiger partial charge in [0.05, 0.1) is 17.3 Å². The van der Waals surface area contributed by atoms with E-state index in [1.807, 2.05) is 37.6 Å². The van der Waals surface area contributed by atoms with Crippen molar-refractivity contribution in [1.29, 1.82) is 0 Å². The maximum absolute atomic E-state index is 4.50. The maximum atomic E-state index is 4.50. The first kappa shape index (κ1) is 14.2. The van der Waals surface area contributed by atoms with Gasteiger partial charge in [-0.15, -0.1) is 0 Å². The number of hydrogen-bond acceptors (Lipinski definition) is 3. The van der Waals surface area contributed by atoms with Gasteiger partial charge >= 0.3 is 0 Å². The standard InChI is InChI=1S/C17H16BrN3/c1-19-17(16-7-6-13(18)11-21-16)10-12-8-9-20-15-5-3-2-4-14(12)15/h2-9,11,17,19H,10H2,1H3. The van der Waals surface area contributed by atoms with Crippen LogP contribution in [0.2, 0.25) is 0 Å². The lowest BCUT2D eigenvalue weighted by Crippen LogP contribution is -2.20. The number of nitrogens with one attached hydrogen (secondary N) is 1. The minimum Gasteiger partial charge on any atom is -0.311 e.